The van der Waals surface area contributed by atoms with E-state index in [1.165, 1.54) is 43.5 Å². The Morgan fingerprint density at radius 1 is 1.13 bits per heavy atom. The van der Waals surface area contributed by atoms with Crippen LogP contribution in [0.2, 0.25) is 0 Å². The molecule has 30 heavy (non-hydrogen) atoms. The minimum absolute atomic E-state index is 0.141. The summed E-state index contributed by atoms with van der Waals surface area (Å²) in [4.78, 5) is 15.3. The molecule has 2 fully saturated rings. The van der Waals surface area contributed by atoms with Crippen LogP contribution >= 0.6 is 0 Å². The predicted octanol–water partition coefficient (Wildman–Crippen LogP) is 4.90. The van der Waals surface area contributed by atoms with Crippen LogP contribution in [0, 0.1) is 25.2 Å². The zero-order valence-electron chi connectivity index (χ0n) is 19.4. The van der Waals surface area contributed by atoms with E-state index in [0.717, 1.165) is 31.5 Å². The van der Waals surface area contributed by atoms with Crippen molar-refractivity contribution in [2.75, 3.05) is 13.1 Å². The van der Waals surface area contributed by atoms with Crippen molar-refractivity contribution in [1.82, 2.24) is 14.8 Å². The lowest BCUT2D eigenvalue weighted by molar-refractivity contribution is -0.118. The van der Waals surface area contributed by atoms with Crippen molar-refractivity contribution in [3.05, 3.63) is 28.6 Å². The van der Waals surface area contributed by atoms with E-state index in [2.05, 4.69) is 61.5 Å². The van der Waals surface area contributed by atoms with Crippen LogP contribution in [0.4, 0.5) is 0 Å². The highest BCUT2D eigenvalue weighted by Crippen LogP contribution is 2.32. The van der Waals surface area contributed by atoms with Gasteiger partial charge in [0.15, 0.2) is 0 Å². The lowest BCUT2D eigenvalue weighted by atomic mass is 9.95. The molecule has 5 nitrogen and oxygen atoms in total. The number of likely N-dealkylation sites (tertiary alicyclic amines) is 1. The maximum Gasteiger partial charge on any atom is 0.262 e. The van der Waals surface area contributed by atoms with E-state index in [9.17, 15) is 10.1 Å². The van der Waals surface area contributed by atoms with E-state index in [1.807, 2.05) is 0 Å². The highest BCUT2D eigenvalue weighted by Gasteiger charge is 2.28. The summed E-state index contributed by atoms with van der Waals surface area (Å²) in [6.07, 6.45) is 9.98. The van der Waals surface area contributed by atoms with Gasteiger partial charge in [0.1, 0.15) is 11.6 Å². The summed E-state index contributed by atoms with van der Waals surface area (Å²) in [5, 5.41) is 12.8. The van der Waals surface area contributed by atoms with Gasteiger partial charge in [-0.3, -0.25) is 9.69 Å². The van der Waals surface area contributed by atoms with E-state index in [0.29, 0.717) is 6.04 Å². The summed E-state index contributed by atoms with van der Waals surface area (Å²) in [7, 11) is 0. The van der Waals surface area contributed by atoms with E-state index in [-0.39, 0.29) is 23.1 Å². The number of aromatic nitrogens is 1. The Balaban J connectivity index is 1.69. The standard InChI is InChI=1S/C25H38N4O/c1-18-15-20(19(2)29(18)23-9-7-6-8-10-23)16-21(17-26)24(30)27-22-11-13-28(14-12-22)25(3,4)5/h15-16,22-23H,6-14H2,1-5H3,(H,27,30)/b21-16-. The normalized spacial score (nSPS) is 20.2. The molecule has 0 radical (unpaired) electrons. The topological polar surface area (TPSA) is 61.1 Å². The van der Waals surface area contributed by atoms with E-state index in [4.69, 9.17) is 0 Å². The molecule has 1 aromatic heterocycles. The Morgan fingerprint density at radius 2 is 1.77 bits per heavy atom. The van der Waals surface area contributed by atoms with Crippen LogP contribution in [0.15, 0.2) is 11.6 Å². The highest BCUT2D eigenvalue weighted by molar-refractivity contribution is 6.02. The number of amides is 1. The highest BCUT2D eigenvalue weighted by atomic mass is 16.1. The summed E-state index contributed by atoms with van der Waals surface area (Å²) < 4.78 is 2.42. The summed E-state index contributed by atoms with van der Waals surface area (Å²) in [6.45, 7) is 12.9. The average molecular weight is 411 g/mol. The van der Waals surface area contributed by atoms with Crippen molar-refractivity contribution in [1.29, 1.82) is 5.26 Å². The Morgan fingerprint density at radius 3 is 2.33 bits per heavy atom. The molecule has 1 saturated carbocycles. The quantitative estimate of drug-likeness (QED) is 0.567. The van der Waals surface area contributed by atoms with Gasteiger partial charge in [-0.05, 0) is 78.0 Å². The van der Waals surface area contributed by atoms with Gasteiger partial charge in [-0.2, -0.15) is 5.26 Å². The zero-order valence-corrected chi connectivity index (χ0v) is 19.4. The molecule has 0 spiro atoms. The van der Waals surface area contributed by atoms with Crippen molar-refractivity contribution in [3.63, 3.8) is 0 Å². The number of piperidine rings is 1. The average Bonchev–Trinajstić information content (AvgIpc) is 2.99. The second-order valence-corrected chi connectivity index (χ2v) is 10.1. The number of hydrogen-bond acceptors (Lipinski definition) is 3. The fraction of sp³-hybridized carbons (Fsp3) is 0.680. The number of rotatable bonds is 4. The van der Waals surface area contributed by atoms with E-state index in [1.54, 1.807) is 6.08 Å². The molecule has 2 aliphatic rings. The third-order valence-corrected chi connectivity index (χ3v) is 6.91. The minimum atomic E-state index is -0.242. The van der Waals surface area contributed by atoms with Crippen LogP contribution in [-0.2, 0) is 4.79 Å². The summed E-state index contributed by atoms with van der Waals surface area (Å²) >= 11 is 0. The molecule has 1 N–H and O–H groups in total. The van der Waals surface area contributed by atoms with Crippen LogP contribution in [0.5, 0.6) is 0 Å². The molecular weight excluding hydrogens is 372 g/mol. The molecular formula is C25H38N4O. The maximum atomic E-state index is 12.8. The predicted molar refractivity (Wildman–Crippen MR) is 122 cm³/mol. The van der Waals surface area contributed by atoms with Gasteiger partial charge in [0.2, 0.25) is 0 Å². The summed E-state index contributed by atoms with van der Waals surface area (Å²) in [5.41, 5.74) is 3.74. The van der Waals surface area contributed by atoms with Crippen LogP contribution in [0.25, 0.3) is 6.08 Å². The first-order valence-electron chi connectivity index (χ1n) is 11.6. The van der Waals surface area contributed by atoms with Crippen molar-refractivity contribution >= 4 is 12.0 Å². The first kappa shape index (κ1) is 22.6. The molecule has 1 aliphatic carbocycles. The summed E-state index contributed by atoms with van der Waals surface area (Å²) in [6, 6.07) is 4.95. The monoisotopic (exact) mass is 410 g/mol. The Labute approximate surface area is 182 Å². The Bertz CT molecular complexity index is 823. The lowest BCUT2D eigenvalue weighted by Gasteiger charge is -2.41. The fourth-order valence-electron chi connectivity index (χ4n) is 5.11. The SMILES string of the molecule is Cc1cc(/C=C(/C#N)C(=O)NC2CCN(C(C)(C)C)CC2)c(C)n1C1CCCCC1. The van der Waals surface area contributed by atoms with Gasteiger partial charge in [-0.25, -0.2) is 0 Å². The van der Waals surface area contributed by atoms with Crippen molar-refractivity contribution in [2.24, 2.45) is 0 Å². The smallest absolute Gasteiger partial charge is 0.262 e. The zero-order chi connectivity index (χ0) is 21.9. The van der Waals surface area contributed by atoms with Crippen LogP contribution < -0.4 is 5.32 Å². The molecule has 1 amide bonds. The third-order valence-electron chi connectivity index (χ3n) is 6.91. The number of nitrogens with one attached hydrogen (secondary N) is 1. The number of carbonyl (C=O) groups excluding carboxylic acids is 1. The molecule has 0 bridgehead atoms. The first-order chi connectivity index (χ1) is 14.2. The van der Waals surface area contributed by atoms with Crippen molar-refractivity contribution in [2.45, 2.75) is 97.2 Å². The van der Waals surface area contributed by atoms with Gasteiger partial charge in [-0.15, -0.1) is 0 Å². The van der Waals surface area contributed by atoms with Gasteiger partial charge in [-0.1, -0.05) is 19.3 Å². The molecule has 0 aromatic carbocycles. The van der Waals surface area contributed by atoms with Crippen molar-refractivity contribution < 1.29 is 4.79 Å². The second-order valence-electron chi connectivity index (χ2n) is 10.1. The molecule has 5 heteroatoms. The number of aryl methyl sites for hydroxylation is 1. The number of nitriles is 1. The van der Waals surface area contributed by atoms with E-state index < -0.39 is 0 Å². The van der Waals surface area contributed by atoms with Gasteiger partial charge in [0.25, 0.3) is 5.91 Å². The third kappa shape index (κ3) is 5.16. The molecule has 1 saturated heterocycles. The molecule has 2 heterocycles. The number of nitrogens with zero attached hydrogens (tertiary/aromatic N) is 3. The van der Waals surface area contributed by atoms with E-state index >= 15 is 0 Å². The summed E-state index contributed by atoms with van der Waals surface area (Å²) in [5.74, 6) is -0.242. The molecule has 1 aliphatic heterocycles. The van der Waals surface area contributed by atoms with Gasteiger partial charge >= 0.3 is 0 Å². The van der Waals surface area contributed by atoms with Gasteiger partial charge in [0, 0.05) is 42.1 Å². The van der Waals surface area contributed by atoms with Crippen LogP contribution in [-0.4, -0.2) is 40.0 Å². The number of carbonyl (C=O) groups is 1. The van der Waals surface area contributed by atoms with Gasteiger partial charge in [0.05, 0.1) is 0 Å². The molecule has 1 aromatic rings. The molecule has 0 atom stereocenters. The van der Waals surface area contributed by atoms with Gasteiger partial charge < -0.3 is 9.88 Å². The second kappa shape index (κ2) is 9.39. The van der Waals surface area contributed by atoms with Crippen LogP contribution in [0.1, 0.15) is 88.7 Å². The minimum Gasteiger partial charge on any atom is -0.349 e. The molecule has 3 rings (SSSR count). The van der Waals surface area contributed by atoms with Crippen molar-refractivity contribution in [3.8, 4) is 6.07 Å². The largest absolute Gasteiger partial charge is 0.349 e. The lowest BCUT2D eigenvalue weighted by Crippen LogP contribution is -2.51. The first-order valence-corrected chi connectivity index (χ1v) is 11.6. The Hall–Kier alpha value is -2.06. The van der Waals surface area contributed by atoms with Crippen LogP contribution in [0.3, 0.4) is 0 Å². The number of hydrogen-bond donors (Lipinski definition) is 1. The Kier molecular flexibility index (Phi) is 7.08. The fourth-order valence-corrected chi connectivity index (χ4v) is 5.11. The maximum absolute atomic E-state index is 12.8. The molecule has 0 unspecified atom stereocenters. The molecule has 164 valence electrons.